The van der Waals surface area contributed by atoms with E-state index < -0.39 is 15.6 Å². The molecular formula is C18H27FN4O4S. The van der Waals surface area contributed by atoms with Gasteiger partial charge in [-0.1, -0.05) is 0 Å². The number of hydrogen-bond acceptors (Lipinski definition) is 6. The fraction of sp³-hybridized carbons (Fsp3) is 0.611. The van der Waals surface area contributed by atoms with Gasteiger partial charge < -0.3 is 9.80 Å². The van der Waals surface area contributed by atoms with Gasteiger partial charge in [0.05, 0.1) is 11.3 Å². The molecule has 0 aliphatic carbocycles. The Kier molecular flexibility index (Phi) is 6.23. The molecule has 0 atom stereocenters. The van der Waals surface area contributed by atoms with Gasteiger partial charge >= 0.3 is 0 Å². The van der Waals surface area contributed by atoms with Crippen molar-refractivity contribution in [2.75, 3.05) is 57.0 Å². The van der Waals surface area contributed by atoms with Gasteiger partial charge in [0.1, 0.15) is 5.82 Å². The number of nitrogens with zero attached hydrogens (tertiary/aromatic N) is 4. The summed E-state index contributed by atoms with van der Waals surface area (Å²) in [6.07, 6.45) is 1.09. The first-order valence-electron chi connectivity index (χ1n) is 9.36. The maximum absolute atomic E-state index is 13.1. The molecule has 156 valence electrons. The molecule has 1 N–H and O–H groups in total. The molecule has 0 spiro atoms. The zero-order valence-electron chi connectivity index (χ0n) is 16.0. The molecular weight excluding hydrogens is 387 g/mol. The molecule has 0 unspecified atom stereocenters. The minimum atomic E-state index is -3.66. The molecule has 0 radical (unpaired) electrons. The number of rotatable bonds is 6. The quantitative estimate of drug-likeness (QED) is 0.417. The number of piperazine rings is 1. The highest BCUT2D eigenvalue weighted by Gasteiger charge is 2.44. The lowest BCUT2D eigenvalue weighted by Crippen LogP contribution is -2.59. The van der Waals surface area contributed by atoms with Gasteiger partial charge in [0, 0.05) is 45.0 Å². The van der Waals surface area contributed by atoms with Gasteiger partial charge in [0.25, 0.3) is 0 Å². The second kappa shape index (κ2) is 8.32. The summed E-state index contributed by atoms with van der Waals surface area (Å²) < 4.78 is 40.6. The molecule has 2 aliphatic rings. The minimum Gasteiger partial charge on any atom is -0.369 e. The van der Waals surface area contributed by atoms with E-state index in [-0.39, 0.29) is 11.6 Å². The number of piperidine rings is 1. The molecule has 2 saturated heterocycles. The number of halogens is 1. The molecule has 2 fully saturated rings. The number of carbonyl (C=O) groups excluding carboxylic acids is 1. The molecule has 1 amide bonds. The van der Waals surface area contributed by atoms with E-state index in [2.05, 4.69) is 0 Å². The second-order valence-electron chi connectivity index (χ2n) is 7.60. The molecule has 3 rings (SSSR count). The molecule has 0 saturated carbocycles. The number of carbonyl (C=O) groups is 1. The van der Waals surface area contributed by atoms with Crippen molar-refractivity contribution in [2.45, 2.75) is 18.4 Å². The van der Waals surface area contributed by atoms with E-state index in [9.17, 15) is 22.8 Å². The number of likely N-dealkylation sites (tertiary alicyclic amines) is 1. The van der Waals surface area contributed by atoms with Gasteiger partial charge in [-0.15, -0.1) is 0 Å². The Hall–Kier alpha value is -1.75. The lowest BCUT2D eigenvalue weighted by molar-refractivity contribution is -0.183. The molecule has 0 aromatic heterocycles. The summed E-state index contributed by atoms with van der Waals surface area (Å²) in [7, 11) is -1.73. The van der Waals surface area contributed by atoms with E-state index in [1.807, 2.05) is 16.8 Å². The first-order chi connectivity index (χ1) is 13.3. The lowest BCUT2D eigenvalue weighted by Gasteiger charge is -2.44. The first-order valence-corrected chi connectivity index (χ1v) is 11.0. The average molecular weight is 415 g/mol. The Morgan fingerprint density at radius 3 is 2.21 bits per heavy atom. The fourth-order valence-electron chi connectivity index (χ4n) is 3.89. The summed E-state index contributed by atoms with van der Waals surface area (Å²) >= 11 is 0. The van der Waals surface area contributed by atoms with Gasteiger partial charge in [-0.05, 0) is 44.2 Å². The molecule has 1 aromatic rings. The van der Waals surface area contributed by atoms with Crippen molar-refractivity contribution >= 4 is 22.1 Å². The number of hydrogen-bond donors (Lipinski definition) is 1. The van der Waals surface area contributed by atoms with E-state index in [1.165, 1.54) is 16.4 Å². The predicted octanol–water partition coefficient (Wildman–Crippen LogP) is 0.590. The standard InChI is InChI=1S/C18H27FN4O4S/c1-20-8-6-18(7-9-20,23(25)15-24)14-28(26,27)22-12-10-21(11-13-22)17-4-2-16(19)3-5-17/h2-5,15,25H,6-14H2,1H3. The van der Waals surface area contributed by atoms with Crippen molar-refractivity contribution in [2.24, 2.45) is 0 Å². The lowest BCUT2D eigenvalue weighted by atomic mass is 9.89. The molecule has 8 nitrogen and oxygen atoms in total. The summed E-state index contributed by atoms with van der Waals surface area (Å²) in [5.74, 6) is -0.600. The topological polar surface area (TPSA) is 84.4 Å². The second-order valence-corrected chi connectivity index (χ2v) is 9.57. The van der Waals surface area contributed by atoms with Crippen LogP contribution in [0.3, 0.4) is 0 Å². The van der Waals surface area contributed by atoms with Crippen LogP contribution in [0.4, 0.5) is 10.1 Å². The number of anilines is 1. The molecule has 2 aliphatic heterocycles. The summed E-state index contributed by atoms with van der Waals surface area (Å²) in [5, 5.41) is 10.7. The van der Waals surface area contributed by atoms with E-state index in [4.69, 9.17) is 0 Å². The van der Waals surface area contributed by atoms with Crippen molar-refractivity contribution < 1.29 is 22.8 Å². The van der Waals surface area contributed by atoms with E-state index in [1.54, 1.807) is 12.1 Å². The smallest absolute Gasteiger partial charge is 0.233 e. The van der Waals surface area contributed by atoms with Crippen molar-refractivity contribution in [3.63, 3.8) is 0 Å². The van der Waals surface area contributed by atoms with Gasteiger partial charge in [0.2, 0.25) is 16.4 Å². The third kappa shape index (κ3) is 4.45. The zero-order chi connectivity index (χ0) is 20.4. The minimum absolute atomic E-state index is 0.292. The van der Waals surface area contributed by atoms with Crippen LogP contribution in [0.2, 0.25) is 0 Å². The van der Waals surface area contributed by atoms with Gasteiger partial charge in [-0.2, -0.15) is 4.31 Å². The Morgan fingerprint density at radius 1 is 1.11 bits per heavy atom. The largest absolute Gasteiger partial charge is 0.369 e. The first kappa shape index (κ1) is 21.0. The predicted molar refractivity (Wildman–Crippen MR) is 103 cm³/mol. The number of hydroxylamine groups is 2. The molecule has 2 heterocycles. The van der Waals surface area contributed by atoms with Crippen molar-refractivity contribution in [1.82, 2.24) is 14.3 Å². The maximum atomic E-state index is 13.1. The number of benzene rings is 1. The van der Waals surface area contributed by atoms with Crippen LogP contribution in [-0.2, 0) is 14.8 Å². The highest BCUT2D eigenvalue weighted by Crippen LogP contribution is 2.30. The van der Waals surface area contributed by atoms with Crippen LogP contribution in [0, 0.1) is 5.82 Å². The van der Waals surface area contributed by atoms with E-state index >= 15 is 0 Å². The van der Waals surface area contributed by atoms with E-state index in [0.717, 1.165) is 5.69 Å². The summed E-state index contributed by atoms with van der Waals surface area (Å²) in [5.41, 5.74) is -0.242. The van der Waals surface area contributed by atoms with Crippen molar-refractivity contribution in [3.8, 4) is 0 Å². The highest BCUT2D eigenvalue weighted by atomic mass is 32.2. The van der Waals surface area contributed by atoms with Crippen LogP contribution in [0.1, 0.15) is 12.8 Å². The third-order valence-corrected chi connectivity index (χ3v) is 7.83. The third-order valence-electron chi connectivity index (χ3n) is 5.78. The van der Waals surface area contributed by atoms with Gasteiger partial charge in [-0.25, -0.2) is 17.9 Å². The normalized spacial score (nSPS) is 21.5. The highest BCUT2D eigenvalue weighted by molar-refractivity contribution is 7.89. The summed E-state index contributed by atoms with van der Waals surface area (Å²) in [6.45, 7) is 2.83. The Labute approximate surface area is 165 Å². The molecule has 0 bridgehead atoms. The Balaban J connectivity index is 1.67. The van der Waals surface area contributed by atoms with Crippen LogP contribution in [0.15, 0.2) is 24.3 Å². The Morgan fingerprint density at radius 2 is 1.68 bits per heavy atom. The fourth-order valence-corrected chi connectivity index (χ4v) is 5.90. The molecule has 1 aromatic carbocycles. The summed E-state index contributed by atoms with van der Waals surface area (Å²) in [6, 6.07) is 6.14. The Bertz CT molecular complexity index is 773. The zero-order valence-corrected chi connectivity index (χ0v) is 16.8. The van der Waals surface area contributed by atoms with Crippen molar-refractivity contribution in [1.29, 1.82) is 0 Å². The van der Waals surface area contributed by atoms with Gasteiger partial charge in [-0.3, -0.25) is 10.0 Å². The van der Waals surface area contributed by atoms with Crippen LogP contribution < -0.4 is 4.90 Å². The van der Waals surface area contributed by atoms with Crippen LogP contribution in [0.25, 0.3) is 0 Å². The maximum Gasteiger partial charge on any atom is 0.233 e. The monoisotopic (exact) mass is 414 g/mol. The van der Waals surface area contributed by atoms with Crippen molar-refractivity contribution in [3.05, 3.63) is 30.1 Å². The average Bonchev–Trinajstić information content (AvgIpc) is 2.70. The van der Waals surface area contributed by atoms with Crippen LogP contribution >= 0.6 is 0 Å². The van der Waals surface area contributed by atoms with Gasteiger partial charge in [0.15, 0.2) is 0 Å². The van der Waals surface area contributed by atoms with E-state index in [0.29, 0.717) is 63.6 Å². The van der Waals surface area contributed by atoms with Crippen LogP contribution in [-0.4, -0.2) is 91.9 Å². The number of amides is 1. The summed E-state index contributed by atoms with van der Waals surface area (Å²) in [4.78, 5) is 15.3. The molecule has 10 heteroatoms. The SMILES string of the molecule is CN1CCC(CS(=O)(=O)N2CCN(c3ccc(F)cc3)CC2)(N(O)C=O)CC1. The number of sulfonamides is 1. The van der Waals surface area contributed by atoms with Crippen LogP contribution in [0.5, 0.6) is 0 Å². The molecule has 28 heavy (non-hydrogen) atoms.